The molecule has 0 radical (unpaired) electrons. The molecule has 9 heteroatoms. The number of aromatic nitrogens is 3. The van der Waals surface area contributed by atoms with Crippen molar-refractivity contribution in [1.82, 2.24) is 14.8 Å². The summed E-state index contributed by atoms with van der Waals surface area (Å²) in [6, 6.07) is 15.0. The molecular formula is C28H29FN6O2. The Labute approximate surface area is 215 Å². The summed E-state index contributed by atoms with van der Waals surface area (Å²) in [4.78, 5) is 19.6. The highest BCUT2D eigenvalue weighted by molar-refractivity contribution is 6.00. The Morgan fingerprint density at radius 1 is 1.03 bits per heavy atom. The molecule has 0 aliphatic carbocycles. The van der Waals surface area contributed by atoms with Crippen molar-refractivity contribution in [3.63, 3.8) is 0 Å². The van der Waals surface area contributed by atoms with Crippen LogP contribution in [0.15, 0.2) is 67.0 Å². The molecule has 0 spiro atoms. The average Bonchev–Trinajstić information content (AvgIpc) is 3.33. The van der Waals surface area contributed by atoms with Crippen molar-refractivity contribution >= 4 is 23.1 Å². The van der Waals surface area contributed by atoms with E-state index in [2.05, 4.69) is 31.7 Å². The number of pyridine rings is 1. The van der Waals surface area contributed by atoms with Crippen LogP contribution >= 0.6 is 0 Å². The number of benzene rings is 2. The third kappa shape index (κ3) is 6.06. The van der Waals surface area contributed by atoms with Crippen LogP contribution in [-0.4, -0.2) is 33.9 Å². The van der Waals surface area contributed by atoms with Gasteiger partial charge in [-0.05, 0) is 68.1 Å². The molecule has 2 aromatic carbocycles. The Balaban J connectivity index is 1.27. The summed E-state index contributed by atoms with van der Waals surface area (Å²) >= 11 is 0. The number of piperidine rings is 1. The summed E-state index contributed by atoms with van der Waals surface area (Å²) in [5.41, 5.74) is 4.33. The molecule has 3 heterocycles. The molecule has 2 N–H and O–H groups in total. The van der Waals surface area contributed by atoms with Crippen LogP contribution in [0.4, 0.5) is 26.2 Å². The number of rotatable bonds is 6. The number of aryl methyl sites for hydroxylation is 2. The van der Waals surface area contributed by atoms with Crippen LogP contribution in [0.1, 0.15) is 24.8 Å². The van der Waals surface area contributed by atoms with E-state index in [1.807, 2.05) is 44.4 Å². The summed E-state index contributed by atoms with van der Waals surface area (Å²) in [7, 11) is 1.83. The lowest BCUT2D eigenvalue weighted by Gasteiger charge is -2.29. The maximum Gasteiger partial charge on any atom is 0.323 e. The van der Waals surface area contributed by atoms with E-state index < -0.39 is 11.8 Å². The molecule has 190 valence electrons. The number of nitrogens with zero attached hydrogens (tertiary/aromatic N) is 4. The van der Waals surface area contributed by atoms with Gasteiger partial charge in [-0.2, -0.15) is 5.10 Å². The molecule has 4 aromatic rings. The monoisotopic (exact) mass is 500 g/mol. The standard InChI is InChI=1S/C28H29FN6O2/c1-19-13-21(15-22(14-19)35-11-4-3-5-12-35)31-28(36)33-26-16-23(9-10-24(26)29)37-27-8-6-7-25(32-27)20-17-30-34(2)18-20/h6-10,13-18H,3-5,11-12H2,1-2H3,(H2,31,33,36). The van der Waals surface area contributed by atoms with Gasteiger partial charge in [0, 0.05) is 55.4 Å². The highest BCUT2D eigenvalue weighted by Gasteiger charge is 2.14. The van der Waals surface area contributed by atoms with Crippen molar-refractivity contribution in [2.75, 3.05) is 28.6 Å². The third-order valence-electron chi connectivity index (χ3n) is 6.17. The topological polar surface area (TPSA) is 84.3 Å². The number of carbonyl (C=O) groups excluding carboxylic acids is 1. The minimum atomic E-state index is -0.571. The maximum atomic E-state index is 14.5. The van der Waals surface area contributed by atoms with Crippen LogP contribution in [-0.2, 0) is 7.05 Å². The molecule has 0 bridgehead atoms. The van der Waals surface area contributed by atoms with Crippen LogP contribution in [0.3, 0.4) is 0 Å². The lowest BCUT2D eigenvalue weighted by molar-refractivity contribution is 0.262. The molecular weight excluding hydrogens is 471 g/mol. The predicted octanol–water partition coefficient (Wildman–Crippen LogP) is 6.36. The molecule has 0 unspecified atom stereocenters. The van der Waals surface area contributed by atoms with Gasteiger partial charge in [-0.25, -0.2) is 14.2 Å². The van der Waals surface area contributed by atoms with Gasteiger partial charge in [-0.3, -0.25) is 4.68 Å². The van der Waals surface area contributed by atoms with Crippen LogP contribution in [0, 0.1) is 12.7 Å². The molecule has 5 rings (SSSR count). The lowest BCUT2D eigenvalue weighted by atomic mass is 10.1. The number of hydrogen-bond donors (Lipinski definition) is 2. The zero-order valence-corrected chi connectivity index (χ0v) is 20.9. The van der Waals surface area contributed by atoms with Gasteiger partial charge in [0.05, 0.1) is 17.6 Å². The third-order valence-corrected chi connectivity index (χ3v) is 6.17. The Kier molecular flexibility index (Phi) is 7.02. The Hall–Kier alpha value is -4.40. The van der Waals surface area contributed by atoms with Gasteiger partial charge in [-0.1, -0.05) is 6.07 Å². The van der Waals surface area contributed by atoms with E-state index in [4.69, 9.17) is 4.74 Å². The first kappa shape index (κ1) is 24.3. The largest absolute Gasteiger partial charge is 0.439 e. The molecule has 1 saturated heterocycles. The van der Waals surface area contributed by atoms with E-state index in [1.165, 1.54) is 24.6 Å². The van der Waals surface area contributed by atoms with E-state index in [-0.39, 0.29) is 5.69 Å². The minimum Gasteiger partial charge on any atom is -0.439 e. The van der Waals surface area contributed by atoms with E-state index in [0.29, 0.717) is 23.0 Å². The van der Waals surface area contributed by atoms with Crippen LogP contribution < -0.4 is 20.3 Å². The molecule has 37 heavy (non-hydrogen) atoms. The average molecular weight is 501 g/mol. The van der Waals surface area contributed by atoms with Gasteiger partial charge in [0.1, 0.15) is 11.6 Å². The molecule has 2 aromatic heterocycles. The minimum absolute atomic E-state index is 0.00215. The fourth-order valence-electron chi connectivity index (χ4n) is 4.42. The summed E-state index contributed by atoms with van der Waals surface area (Å²) < 4.78 is 22.1. The van der Waals surface area contributed by atoms with Crippen LogP contribution in [0.5, 0.6) is 11.6 Å². The van der Waals surface area contributed by atoms with Gasteiger partial charge in [0.2, 0.25) is 5.88 Å². The Morgan fingerprint density at radius 2 is 1.86 bits per heavy atom. The molecule has 2 amide bonds. The van der Waals surface area contributed by atoms with E-state index in [9.17, 15) is 9.18 Å². The van der Waals surface area contributed by atoms with Crippen molar-refractivity contribution in [3.8, 4) is 22.9 Å². The number of halogens is 1. The van der Waals surface area contributed by atoms with Gasteiger partial charge in [0.25, 0.3) is 0 Å². The molecule has 0 atom stereocenters. The summed E-state index contributed by atoms with van der Waals surface area (Å²) in [6.07, 6.45) is 7.15. The maximum absolute atomic E-state index is 14.5. The van der Waals surface area contributed by atoms with Gasteiger partial charge in [-0.15, -0.1) is 0 Å². The normalized spacial score (nSPS) is 13.3. The van der Waals surface area contributed by atoms with E-state index >= 15 is 0 Å². The number of hydrogen-bond acceptors (Lipinski definition) is 5. The van der Waals surface area contributed by atoms with Crippen molar-refractivity contribution < 1.29 is 13.9 Å². The number of anilines is 3. The van der Waals surface area contributed by atoms with E-state index in [1.54, 1.807) is 16.9 Å². The first-order valence-corrected chi connectivity index (χ1v) is 12.3. The summed E-state index contributed by atoms with van der Waals surface area (Å²) in [6.45, 7) is 4.01. The zero-order valence-electron chi connectivity index (χ0n) is 20.9. The Morgan fingerprint density at radius 3 is 2.65 bits per heavy atom. The van der Waals surface area contributed by atoms with Crippen LogP contribution in [0.25, 0.3) is 11.3 Å². The first-order chi connectivity index (χ1) is 17.9. The van der Waals surface area contributed by atoms with Crippen molar-refractivity contribution in [3.05, 3.63) is 78.4 Å². The number of amides is 2. The summed E-state index contributed by atoms with van der Waals surface area (Å²) in [5.74, 6) is 0.113. The van der Waals surface area contributed by atoms with Gasteiger partial charge < -0.3 is 20.3 Å². The number of nitrogens with one attached hydrogen (secondary N) is 2. The number of urea groups is 1. The SMILES string of the molecule is Cc1cc(NC(=O)Nc2cc(Oc3cccc(-c4cnn(C)c4)n3)ccc2F)cc(N2CCCCC2)c1. The highest BCUT2D eigenvalue weighted by Crippen LogP contribution is 2.28. The second-order valence-electron chi connectivity index (χ2n) is 9.19. The number of ether oxygens (including phenoxy) is 1. The quantitative estimate of drug-likeness (QED) is 0.322. The van der Waals surface area contributed by atoms with Gasteiger partial charge in [0.15, 0.2) is 0 Å². The predicted molar refractivity (Wildman–Crippen MR) is 143 cm³/mol. The van der Waals surface area contributed by atoms with Crippen molar-refractivity contribution in [2.45, 2.75) is 26.2 Å². The molecule has 1 aliphatic heterocycles. The lowest BCUT2D eigenvalue weighted by Crippen LogP contribution is -2.29. The fourth-order valence-corrected chi connectivity index (χ4v) is 4.42. The second-order valence-corrected chi connectivity index (χ2v) is 9.19. The van der Waals surface area contributed by atoms with Gasteiger partial charge >= 0.3 is 6.03 Å². The molecule has 8 nitrogen and oxygen atoms in total. The smallest absolute Gasteiger partial charge is 0.323 e. The first-order valence-electron chi connectivity index (χ1n) is 12.3. The molecule has 1 aliphatic rings. The molecule has 1 fully saturated rings. The van der Waals surface area contributed by atoms with E-state index in [0.717, 1.165) is 42.7 Å². The van der Waals surface area contributed by atoms with Crippen molar-refractivity contribution in [2.24, 2.45) is 7.05 Å². The summed E-state index contributed by atoms with van der Waals surface area (Å²) in [5, 5.41) is 9.59. The molecule has 0 saturated carbocycles. The number of carbonyl (C=O) groups is 1. The van der Waals surface area contributed by atoms with Crippen molar-refractivity contribution in [1.29, 1.82) is 0 Å². The zero-order chi connectivity index (χ0) is 25.8. The van der Waals surface area contributed by atoms with Crippen LogP contribution in [0.2, 0.25) is 0 Å². The fraction of sp³-hybridized carbons (Fsp3) is 0.250. The Bertz CT molecular complexity index is 1410. The second kappa shape index (κ2) is 10.7. The highest BCUT2D eigenvalue weighted by atomic mass is 19.1.